The molecule has 1 atom stereocenters. The van der Waals surface area contributed by atoms with Gasteiger partial charge in [0.25, 0.3) is 0 Å². The number of nitrogens with one attached hydrogen (secondary N) is 1. The van der Waals surface area contributed by atoms with Gasteiger partial charge in [-0.1, -0.05) is 37.3 Å². The second-order valence-corrected chi connectivity index (χ2v) is 9.87. The van der Waals surface area contributed by atoms with Crippen molar-refractivity contribution in [1.29, 1.82) is 0 Å². The Bertz CT molecular complexity index is 1050. The molecule has 2 aliphatic rings. The molecule has 0 unspecified atom stereocenters. The van der Waals surface area contributed by atoms with E-state index in [0.717, 1.165) is 37.9 Å². The summed E-state index contributed by atoms with van der Waals surface area (Å²) in [6.45, 7) is 7.87. The van der Waals surface area contributed by atoms with E-state index in [-0.39, 0.29) is 12.1 Å². The van der Waals surface area contributed by atoms with E-state index in [1.165, 1.54) is 42.4 Å². The summed E-state index contributed by atoms with van der Waals surface area (Å²) in [5, 5.41) is 14.8. The van der Waals surface area contributed by atoms with Gasteiger partial charge in [0.2, 0.25) is 5.95 Å². The second-order valence-electron chi connectivity index (χ2n) is 9.87. The van der Waals surface area contributed by atoms with Crippen LogP contribution in [0.2, 0.25) is 0 Å². The molecule has 3 aromatic rings. The largest absolute Gasteiger partial charge is 0.393 e. The maximum absolute atomic E-state index is 10.0. The van der Waals surface area contributed by atoms with Crippen LogP contribution in [0.5, 0.6) is 0 Å². The molecule has 0 radical (unpaired) electrons. The number of piperidine rings is 1. The van der Waals surface area contributed by atoms with Gasteiger partial charge in [-0.2, -0.15) is 4.98 Å². The van der Waals surface area contributed by atoms with E-state index < -0.39 is 0 Å². The van der Waals surface area contributed by atoms with Crippen LogP contribution in [0, 0.1) is 0 Å². The highest BCUT2D eigenvalue weighted by molar-refractivity contribution is 5.81. The van der Waals surface area contributed by atoms with Crippen molar-refractivity contribution in [2.75, 3.05) is 25.0 Å². The molecule has 1 aliphatic heterocycles. The van der Waals surface area contributed by atoms with Crippen molar-refractivity contribution in [2.45, 2.75) is 76.5 Å². The first kappa shape index (κ1) is 22.4. The Morgan fingerprint density at radius 3 is 2.48 bits per heavy atom. The summed E-state index contributed by atoms with van der Waals surface area (Å²) >= 11 is 0. The molecular formula is C27H37N5O. The molecule has 176 valence electrons. The third kappa shape index (κ3) is 4.78. The fraction of sp³-hybridized carbons (Fsp3) is 0.556. The topological polar surface area (TPSA) is 66.2 Å². The molecule has 1 saturated heterocycles. The van der Waals surface area contributed by atoms with Crippen LogP contribution < -0.4 is 5.32 Å². The summed E-state index contributed by atoms with van der Waals surface area (Å²) in [6, 6.07) is 11.0. The van der Waals surface area contributed by atoms with Crippen molar-refractivity contribution in [3.8, 4) is 0 Å². The zero-order valence-electron chi connectivity index (χ0n) is 20.0. The van der Waals surface area contributed by atoms with Crippen LogP contribution in [0.1, 0.15) is 81.5 Å². The first-order valence-electron chi connectivity index (χ1n) is 12.7. The number of aromatic nitrogens is 3. The lowest BCUT2D eigenvalue weighted by molar-refractivity contribution is 0.111. The Kier molecular flexibility index (Phi) is 6.65. The molecule has 2 N–H and O–H groups in total. The fourth-order valence-electron chi connectivity index (χ4n) is 5.64. The van der Waals surface area contributed by atoms with E-state index in [9.17, 15) is 5.11 Å². The average molecular weight is 448 g/mol. The van der Waals surface area contributed by atoms with Crippen molar-refractivity contribution >= 4 is 17.0 Å². The van der Waals surface area contributed by atoms with Gasteiger partial charge in [-0.05, 0) is 82.1 Å². The lowest BCUT2D eigenvalue weighted by Gasteiger charge is -2.31. The van der Waals surface area contributed by atoms with E-state index in [1.54, 1.807) is 0 Å². The molecule has 6 heteroatoms. The highest BCUT2D eigenvalue weighted by Gasteiger charge is 2.28. The highest BCUT2D eigenvalue weighted by Crippen LogP contribution is 2.38. The van der Waals surface area contributed by atoms with Gasteiger partial charge in [-0.15, -0.1) is 0 Å². The molecule has 1 aromatic carbocycles. The van der Waals surface area contributed by atoms with Gasteiger partial charge < -0.3 is 19.9 Å². The zero-order chi connectivity index (χ0) is 22.8. The predicted octanol–water partition coefficient (Wildman–Crippen LogP) is 5.28. The molecule has 33 heavy (non-hydrogen) atoms. The van der Waals surface area contributed by atoms with Crippen molar-refractivity contribution in [2.24, 2.45) is 0 Å². The van der Waals surface area contributed by atoms with E-state index in [1.807, 2.05) is 12.3 Å². The summed E-state index contributed by atoms with van der Waals surface area (Å²) in [5.41, 5.74) is 3.68. The minimum atomic E-state index is -0.153. The zero-order valence-corrected chi connectivity index (χ0v) is 20.0. The monoisotopic (exact) mass is 447 g/mol. The minimum Gasteiger partial charge on any atom is -0.393 e. The molecule has 2 aromatic heterocycles. The number of hydrogen-bond donors (Lipinski definition) is 2. The molecule has 3 heterocycles. The van der Waals surface area contributed by atoms with Gasteiger partial charge in [0.1, 0.15) is 5.65 Å². The number of aliphatic hydroxyl groups is 1. The molecule has 1 saturated carbocycles. The second kappa shape index (κ2) is 9.82. The quantitative estimate of drug-likeness (QED) is 0.538. The lowest BCUT2D eigenvalue weighted by atomic mass is 9.90. The third-order valence-electron chi connectivity index (χ3n) is 7.78. The van der Waals surface area contributed by atoms with Crippen molar-refractivity contribution in [3.05, 3.63) is 53.9 Å². The first-order valence-corrected chi connectivity index (χ1v) is 12.7. The Hall–Kier alpha value is -2.44. The number of hydrogen-bond acceptors (Lipinski definition) is 5. The standard InChI is InChI=1S/C27H37N5O/c1-3-31-15-13-21(14-16-31)25-18-32(22-9-11-23(33)12-10-22)26-24(25)17-28-27(30-26)29-19(2)20-7-5-4-6-8-20/h4-8,17-19,21-23,33H,3,9-16H2,1-2H3,(H,28,29,30)/t19-,22-,23-/m0/s1. The van der Waals surface area contributed by atoms with Crippen LogP contribution in [0.15, 0.2) is 42.7 Å². The molecular weight excluding hydrogens is 410 g/mol. The van der Waals surface area contributed by atoms with Gasteiger partial charge in [0.05, 0.1) is 12.1 Å². The Labute approximate surface area is 197 Å². The summed E-state index contributed by atoms with van der Waals surface area (Å²) in [7, 11) is 0. The number of aliphatic hydroxyl groups excluding tert-OH is 1. The SMILES string of the molecule is CCN1CCC(c2cn([C@H]3CC[C@H](O)CC3)c3nc(N[C@@H](C)c4ccccc4)ncc23)CC1. The van der Waals surface area contributed by atoms with E-state index >= 15 is 0 Å². The predicted molar refractivity (Wildman–Crippen MR) is 134 cm³/mol. The maximum Gasteiger partial charge on any atom is 0.225 e. The molecule has 2 fully saturated rings. The van der Waals surface area contributed by atoms with E-state index in [4.69, 9.17) is 9.97 Å². The summed E-state index contributed by atoms with van der Waals surface area (Å²) in [6.07, 6.45) is 10.4. The number of likely N-dealkylation sites (tertiary alicyclic amines) is 1. The van der Waals surface area contributed by atoms with Crippen molar-refractivity contribution in [3.63, 3.8) is 0 Å². The summed E-state index contributed by atoms with van der Waals surface area (Å²) in [4.78, 5) is 12.3. The third-order valence-corrected chi connectivity index (χ3v) is 7.78. The van der Waals surface area contributed by atoms with E-state index in [2.05, 4.69) is 59.1 Å². The number of anilines is 1. The van der Waals surface area contributed by atoms with Gasteiger partial charge in [0, 0.05) is 23.8 Å². The molecule has 5 rings (SSSR count). The average Bonchev–Trinajstić information content (AvgIpc) is 3.24. The molecule has 0 bridgehead atoms. The number of rotatable bonds is 6. The van der Waals surface area contributed by atoms with Crippen LogP contribution in [0.3, 0.4) is 0 Å². The summed E-state index contributed by atoms with van der Waals surface area (Å²) < 4.78 is 2.41. The van der Waals surface area contributed by atoms with Crippen LogP contribution >= 0.6 is 0 Å². The molecule has 0 spiro atoms. The van der Waals surface area contributed by atoms with Gasteiger partial charge in [-0.3, -0.25) is 0 Å². The van der Waals surface area contributed by atoms with Crippen molar-refractivity contribution < 1.29 is 5.11 Å². The number of benzene rings is 1. The first-order chi connectivity index (χ1) is 16.1. The molecule has 0 amide bonds. The normalized spacial score (nSPS) is 23.6. The minimum absolute atomic E-state index is 0.134. The molecule has 6 nitrogen and oxygen atoms in total. The number of nitrogens with zero attached hydrogens (tertiary/aromatic N) is 4. The fourth-order valence-corrected chi connectivity index (χ4v) is 5.64. The van der Waals surface area contributed by atoms with Crippen LogP contribution in [0.25, 0.3) is 11.0 Å². The maximum atomic E-state index is 10.0. The van der Waals surface area contributed by atoms with Gasteiger partial charge in [0.15, 0.2) is 0 Å². The lowest BCUT2D eigenvalue weighted by Crippen LogP contribution is -2.32. The van der Waals surface area contributed by atoms with Crippen molar-refractivity contribution in [1.82, 2.24) is 19.4 Å². The Morgan fingerprint density at radius 1 is 1.06 bits per heavy atom. The molecule has 1 aliphatic carbocycles. The Morgan fingerprint density at radius 2 is 1.79 bits per heavy atom. The highest BCUT2D eigenvalue weighted by atomic mass is 16.3. The van der Waals surface area contributed by atoms with E-state index in [0.29, 0.717) is 17.9 Å². The van der Waals surface area contributed by atoms with Crippen LogP contribution in [0.4, 0.5) is 5.95 Å². The number of fused-ring (bicyclic) bond motifs is 1. The Balaban J connectivity index is 1.47. The van der Waals surface area contributed by atoms with Gasteiger partial charge >= 0.3 is 0 Å². The van der Waals surface area contributed by atoms with Gasteiger partial charge in [-0.25, -0.2) is 4.98 Å². The van der Waals surface area contributed by atoms with Crippen LogP contribution in [-0.4, -0.2) is 50.3 Å². The smallest absolute Gasteiger partial charge is 0.225 e. The van der Waals surface area contributed by atoms with Crippen LogP contribution in [-0.2, 0) is 0 Å². The summed E-state index contributed by atoms with van der Waals surface area (Å²) in [5.74, 6) is 1.25.